The van der Waals surface area contributed by atoms with Crippen molar-refractivity contribution in [3.05, 3.63) is 0 Å². The van der Waals surface area contributed by atoms with Gasteiger partial charge in [-0.25, -0.2) is 4.39 Å². The highest BCUT2D eigenvalue weighted by Crippen LogP contribution is 2.32. The van der Waals surface area contributed by atoms with Gasteiger partial charge in [-0.1, -0.05) is 32.6 Å². The molecular weight excluding hydrogens is 297 g/mol. The Kier molecular flexibility index (Phi) is 14.7. The van der Waals surface area contributed by atoms with Crippen molar-refractivity contribution < 1.29 is 32.4 Å². The highest BCUT2D eigenvalue weighted by atomic mass is 32.2. The number of ether oxygens (including phenoxy) is 1. The maximum absolute atomic E-state index is 12.8. The van der Waals surface area contributed by atoms with Gasteiger partial charge >= 0.3 is 11.2 Å². The summed E-state index contributed by atoms with van der Waals surface area (Å²) in [6.45, 7) is 1.03. The normalized spacial score (nSPS) is 12.3. The molecular formula is C12H23F3O4S. The van der Waals surface area contributed by atoms with Crippen LogP contribution in [0.5, 0.6) is 0 Å². The summed E-state index contributed by atoms with van der Waals surface area (Å²) in [5.74, 6) is -0.687. The molecule has 0 fully saturated rings. The van der Waals surface area contributed by atoms with E-state index in [0.717, 1.165) is 32.8 Å². The third kappa shape index (κ3) is 11.4. The van der Waals surface area contributed by atoms with E-state index in [1.165, 1.54) is 0 Å². The molecule has 0 heterocycles. The lowest BCUT2D eigenvalue weighted by atomic mass is 10.1. The van der Waals surface area contributed by atoms with Crippen LogP contribution in [0.3, 0.4) is 0 Å². The number of aliphatic hydroxyl groups is 1. The number of unbranched alkanes of at least 4 members (excludes halogenated alkanes) is 4. The van der Waals surface area contributed by atoms with Crippen LogP contribution >= 0.6 is 12.0 Å². The quantitative estimate of drug-likeness (QED) is 0.365. The summed E-state index contributed by atoms with van der Waals surface area (Å²) < 4.78 is 50.4. The van der Waals surface area contributed by atoms with Gasteiger partial charge in [0.05, 0.1) is 12.0 Å². The molecule has 1 unspecified atom stereocenters. The summed E-state index contributed by atoms with van der Waals surface area (Å²) in [4.78, 5) is 11.1. The molecule has 0 spiro atoms. The molecule has 0 aromatic rings. The summed E-state index contributed by atoms with van der Waals surface area (Å²) in [5, 5.41) is 3.06. The van der Waals surface area contributed by atoms with Crippen LogP contribution < -0.4 is 0 Å². The maximum atomic E-state index is 12.8. The molecule has 1 atom stereocenters. The van der Waals surface area contributed by atoms with Gasteiger partial charge in [0.15, 0.2) is 0 Å². The van der Waals surface area contributed by atoms with Crippen LogP contribution in [-0.2, 0) is 9.53 Å². The van der Waals surface area contributed by atoms with Gasteiger partial charge in [0.2, 0.25) is 6.17 Å². The molecule has 8 heteroatoms. The van der Waals surface area contributed by atoms with Crippen LogP contribution in [-0.4, -0.2) is 40.8 Å². The average Bonchev–Trinajstić information content (AvgIpc) is 2.46. The predicted octanol–water partition coefficient (Wildman–Crippen LogP) is 3.64. The summed E-state index contributed by atoms with van der Waals surface area (Å²) in [7, 11) is 1.00. The van der Waals surface area contributed by atoms with E-state index in [9.17, 15) is 18.0 Å². The van der Waals surface area contributed by atoms with Crippen LogP contribution in [0, 0.1) is 0 Å². The lowest BCUT2D eigenvalue weighted by molar-refractivity contribution is -0.148. The van der Waals surface area contributed by atoms with Crippen molar-refractivity contribution in [1.82, 2.24) is 0 Å². The Morgan fingerprint density at radius 2 is 1.80 bits per heavy atom. The minimum atomic E-state index is -3.94. The van der Waals surface area contributed by atoms with Gasteiger partial charge in [0.25, 0.3) is 0 Å². The number of rotatable bonds is 10. The van der Waals surface area contributed by atoms with E-state index in [2.05, 4.69) is 11.7 Å². The minimum absolute atomic E-state index is 0.105. The second-order valence-electron chi connectivity index (χ2n) is 3.97. The van der Waals surface area contributed by atoms with Crippen molar-refractivity contribution in [2.75, 3.05) is 13.7 Å². The zero-order chi connectivity index (χ0) is 16.0. The molecule has 0 aliphatic heterocycles. The minimum Gasteiger partial charge on any atom is -0.462 e. The standard InChI is InChI=1S/C11H19F3O3S.CH4O/c1-2-3-4-5-6-7-10(15)17-8-9(12)11(13,14)18-16;1-2/h9,16H,2-8H2,1H3;2H,1H3. The molecule has 122 valence electrons. The fourth-order valence-corrected chi connectivity index (χ4v) is 1.45. The van der Waals surface area contributed by atoms with Gasteiger partial charge < -0.3 is 14.4 Å². The number of carbonyl (C=O) groups is 1. The molecule has 0 bridgehead atoms. The van der Waals surface area contributed by atoms with Crippen LogP contribution in [0.15, 0.2) is 0 Å². The Morgan fingerprint density at radius 3 is 2.30 bits per heavy atom. The smallest absolute Gasteiger partial charge is 0.351 e. The molecule has 2 N–H and O–H groups in total. The van der Waals surface area contributed by atoms with Gasteiger partial charge in [-0.2, -0.15) is 8.78 Å². The molecule has 0 aromatic heterocycles. The van der Waals surface area contributed by atoms with Gasteiger partial charge in [0, 0.05) is 13.5 Å². The number of hydrogen-bond donors (Lipinski definition) is 2. The molecule has 0 amide bonds. The number of esters is 1. The molecule has 0 saturated heterocycles. The van der Waals surface area contributed by atoms with Crippen molar-refractivity contribution in [3.63, 3.8) is 0 Å². The van der Waals surface area contributed by atoms with Gasteiger partial charge in [-0.05, 0) is 6.42 Å². The highest BCUT2D eigenvalue weighted by molar-refractivity contribution is 7.94. The van der Waals surface area contributed by atoms with Crippen LogP contribution in [0.2, 0.25) is 0 Å². The van der Waals surface area contributed by atoms with Crippen molar-refractivity contribution in [3.8, 4) is 0 Å². The molecule has 0 aromatic carbocycles. The third-order valence-corrected chi connectivity index (χ3v) is 2.86. The van der Waals surface area contributed by atoms with Crippen molar-refractivity contribution >= 4 is 18.0 Å². The highest BCUT2D eigenvalue weighted by Gasteiger charge is 2.42. The molecule has 0 radical (unpaired) electrons. The van der Waals surface area contributed by atoms with Gasteiger partial charge in [-0.15, -0.1) is 0 Å². The lowest BCUT2D eigenvalue weighted by Gasteiger charge is -2.16. The number of halogens is 3. The first kappa shape index (κ1) is 21.8. The fourth-order valence-electron chi connectivity index (χ4n) is 1.27. The van der Waals surface area contributed by atoms with Crippen LogP contribution in [0.25, 0.3) is 0 Å². The van der Waals surface area contributed by atoms with E-state index < -0.39 is 36.0 Å². The Hall–Kier alpha value is -0.470. The first-order valence-electron chi connectivity index (χ1n) is 6.38. The van der Waals surface area contributed by atoms with Crippen LogP contribution in [0.4, 0.5) is 13.2 Å². The van der Waals surface area contributed by atoms with E-state index in [1.807, 2.05) is 0 Å². The lowest BCUT2D eigenvalue weighted by Crippen LogP contribution is -2.31. The summed E-state index contributed by atoms with van der Waals surface area (Å²) in [6.07, 6.45) is 2.06. The second kappa shape index (κ2) is 13.5. The Bertz CT molecular complexity index is 243. The van der Waals surface area contributed by atoms with E-state index in [-0.39, 0.29) is 6.42 Å². The largest absolute Gasteiger partial charge is 0.462 e. The SMILES string of the molecule is CCCCCCCC(=O)OCC(F)C(F)(F)SO.CO. The van der Waals surface area contributed by atoms with Crippen LogP contribution in [0.1, 0.15) is 45.4 Å². The topological polar surface area (TPSA) is 66.8 Å². The molecule has 0 saturated carbocycles. The first-order chi connectivity index (χ1) is 9.44. The van der Waals surface area contributed by atoms with Crippen molar-refractivity contribution in [1.29, 1.82) is 0 Å². The Balaban J connectivity index is 0. The Labute approximate surface area is 121 Å². The molecule has 0 aliphatic carbocycles. The first-order valence-corrected chi connectivity index (χ1v) is 7.16. The number of hydrogen-bond acceptors (Lipinski definition) is 5. The molecule has 0 aliphatic rings. The number of carbonyl (C=O) groups excluding carboxylic acids is 1. The summed E-state index contributed by atoms with van der Waals surface area (Å²) in [6, 6.07) is 0. The van der Waals surface area contributed by atoms with Gasteiger partial charge in [-0.3, -0.25) is 4.79 Å². The van der Waals surface area contributed by atoms with E-state index in [0.29, 0.717) is 6.42 Å². The Morgan fingerprint density at radius 1 is 1.25 bits per heavy atom. The maximum Gasteiger partial charge on any atom is 0.351 e. The van der Waals surface area contributed by atoms with Crippen molar-refractivity contribution in [2.45, 2.75) is 56.9 Å². The third-order valence-electron chi connectivity index (χ3n) is 2.36. The molecule has 20 heavy (non-hydrogen) atoms. The predicted molar refractivity (Wildman–Crippen MR) is 72.5 cm³/mol. The molecule has 0 rings (SSSR count). The second-order valence-corrected chi connectivity index (χ2v) is 4.69. The molecule has 4 nitrogen and oxygen atoms in total. The fraction of sp³-hybridized carbons (Fsp3) is 0.917. The summed E-state index contributed by atoms with van der Waals surface area (Å²) in [5.41, 5.74) is 0. The van der Waals surface area contributed by atoms with E-state index >= 15 is 0 Å². The zero-order valence-corrected chi connectivity index (χ0v) is 12.6. The average molecular weight is 320 g/mol. The monoisotopic (exact) mass is 320 g/mol. The number of aliphatic hydroxyl groups excluding tert-OH is 1. The summed E-state index contributed by atoms with van der Waals surface area (Å²) >= 11 is -0.886. The van der Waals surface area contributed by atoms with E-state index in [4.69, 9.17) is 9.66 Å². The zero-order valence-electron chi connectivity index (χ0n) is 11.8. The van der Waals surface area contributed by atoms with E-state index in [1.54, 1.807) is 0 Å². The van der Waals surface area contributed by atoms with Gasteiger partial charge in [0.1, 0.15) is 6.61 Å². The number of alkyl halides is 3. The van der Waals surface area contributed by atoms with Crippen molar-refractivity contribution in [2.24, 2.45) is 0 Å².